The average Bonchev–Trinajstić information content (AvgIpc) is 2.81. The fourth-order valence-corrected chi connectivity index (χ4v) is 4.35. The Hall–Kier alpha value is -0.690. The molecule has 1 aliphatic heterocycles. The molecule has 1 aromatic carbocycles. The van der Waals surface area contributed by atoms with E-state index in [1.54, 1.807) is 0 Å². The van der Waals surface area contributed by atoms with E-state index >= 15 is 0 Å². The molecule has 1 aromatic rings. The third-order valence-electron chi connectivity index (χ3n) is 3.08. The van der Waals surface area contributed by atoms with Gasteiger partial charge in [0.15, 0.2) is 0 Å². The van der Waals surface area contributed by atoms with Crippen molar-refractivity contribution in [3.8, 4) is 0 Å². The summed E-state index contributed by atoms with van der Waals surface area (Å²) in [6.07, 6.45) is 1.48. The second kappa shape index (κ2) is 5.13. The Kier molecular flexibility index (Phi) is 3.91. The lowest BCUT2D eigenvalue weighted by atomic mass is 10.2. The van der Waals surface area contributed by atoms with Gasteiger partial charge >= 0.3 is 0 Å². The van der Waals surface area contributed by atoms with Gasteiger partial charge in [0.25, 0.3) is 0 Å². The highest BCUT2D eigenvalue weighted by Gasteiger charge is 2.35. The molecule has 0 aliphatic carbocycles. The molecule has 1 atom stereocenters. The lowest BCUT2D eigenvalue weighted by Gasteiger charge is -2.23. The maximum atomic E-state index is 13.2. The smallest absolute Gasteiger partial charge is 0.244 e. The van der Waals surface area contributed by atoms with Crippen molar-refractivity contribution in [1.82, 2.24) is 4.31 Å². The highest BCUT2D eigenvalue weighted by Crippen LogP contribution is 2.30. The van der Waals surface area contributed by atoms with E-state index in [0.717, 1.165) is 25.0 Å². The van der Waals surface area contributed by atoms with Crippen molar-refractivity contribution >= 4 is 21.6 Å². The van der Waals surface area contributed by atoms with Crippen LogP contribution in [0.3, 0.4) is 0 Å². The molecule has 0 bridgehead atoms. The van der Waals surface area contributed by atoms with Crippen molar-refractivity contribution in [2.75, 3.05) is 13.1 Å². The van der Waals surface area contributed by atoms with Gasteiger partial charge in [-0.15, -0.1) is 0 Å². The Morgan fingerprint density at radius 2 is 2.22 bits per heavy atom. The van der Waals surface area contributed by atoms with Crippen molar-refractivity contribution in [3.05, 3.63) is 29.0 Å². The fourth-order valence-electron chi connectivity index (χ4n) is 2.16. The zero-order chi connectivity index (χ0) is 13.3. The number of nitrogens with two attached hydrogens (primary N) is 1. The molecule has 2 N–H and O–H groups in total. The van der Waals surface area contributed by atoms with E-state index in [4.69, 9.17) is 17.3 Å². The molecule has 4 nitrogen and oxygen atoms in total. The first-order valence-electron chi connectivity index (χ1n) is 5.64. The second-order valence-corrected chi connectivity index (χ2v) is 6.49. The van der Waals surface area contributed by atoms with Gasteiger partial charge in [0, 0.05) is 19.1 Å². The minimum Gasteiger partial charge on any atom is -0.329 e. The van der Waals surface area contributed by atoms with Gasteiger partial charge in [-0.2, -0.15) is 4.31 Å². The summed E-state index contributed by atoms with van der Waals surface area (Å²) < 4.78 is 39.3. The van der Waals surface area contributed by atoms with Crippen LogP contribution in [0.4, 0.5) is 4.39 Å². The fraction of sp³-hybridized carbons (Fsp3) is 0.455. The first-order valence-corrected chi connectivity index (χ1v) is 7.45. The standard InChI is InChI=1S/C11H14ClFN2O2S/c12-10-4-3-8(13)6-11(10)18(16,17)15-5-1-2-9(15)7-14/h3-4,6,9H,1-2,5,7,14H2. The molecule has 0 spiro atoms. The van der Waals surface area contributed by atoms with Gasteiger partial charge in [0.1, 0.15) is 10.7 Å². The average molecular weight is 293 g/mol. The minimum absolute atomic E-state index is 0.0269. The van der Waals surface area contributed by atoms with Crippen molar-refractivity contribution in [3.63, 3.8) is 0 Å². The number of halogens is 2. The number of sulfonamides is 1. The summed E-state index contributed by atoms with van der Waals surface area (Å²) in [6.45, 7) is 0.656. The van der Waals surface area contributed by atoms with Crippen LogP contribution in [0.5, 0.6) is 0 Å². The summed E-state index contributed by atoms with van der Waals surface area (Å²) in [5.74, 6) is -0.624. The van der Waals surface area contributed by atoms with E-state index in [-0.39, 0.29) is 22.5 Å². The van der Waals surface area contributed by atoms with Crippen LogP contribution in [-0.4, -0.2) is 31.9 Å². The van der Waals surface area contributed by atoms with Gasteiger partial charge in [0.2, 0.25) is 10.0 Å². The van der Waals surface area contributed by atoms with E-state index in [9.17, 15) is 12.8 Å². The predicted molar refractivity (Wildman–Crippen MR) is 67.4 cm³/mol. The van der Waals surface area contributed by atoms with Gasteiger partial charge < -0.3 is 5.73 Å². The van der Waals surface area contributed by atoms with Crippen LogP contribution >= 0.6 is 11.6 Å². The first-order chi connectivity index (χ1) is 8.46. The largest absolute Gasteiger partial charge is 0.329 e. The van der Waals surface area contributed by atoms with Crippen LogP contribution < -0.4 is 5.73 Å². The summed E-state index contributed by atoms with van der Waals surface area (Å²) >= 11 is 5.85. The van der Waals surface area contributed by atoms with E-state index < -0.39 is 15.8 Å². The van der Waals surface area contributed by atoms with Gasteiger partial charge in [-0.3, -0.25) is 0 Å². The zero-order valence-electron chi connectivity index (χ0n) is 9.64. The van der Waals surface area contributed by atoms with Crippen molar-refractivity contribution < 1.29 is 12.8 Å². The molecule has 18 heavy (non-hydrogen) atoms. The monoisotopic (exact) mass is 292 g/mol. The summed E-state index contributed by atoms with van der Waals surface area (Å²) in [5.41, 5.74) is 5.55. The Morgan fingerprint density at radius 1 is 1.50 bits per heavy atom. The first kappa shape index (κ1) is 13.7. The molecular formula is C11H14ClFN2O2S. The Labute approximate surface area is 111 Å². The molecular weight excluding hydrogens is 279 g/mol. The molecule has 2 rings (SSSR count). The Morgan fingerprint density at radius 3 is 2.89 bits per heavy atom. The van der Waals surface area contributed by atoms with E-state index in [2.05, 4.69) is 0 Å². The molecule has 0 aromatic heterocycles. The van der Waals surface area contributed by atoms with Crippen LogP contribution in [0, 0.1) is 5.82 Å². The van der Waals surface area contributed by atoms with E-state index in [1.807, 2.05) is 0 Å². The van der Waals surface area contributed by atoms with Crippen LogP contribution in [0.2, 0.25) is 5.02 Å². The highest BCUT2D eigenvalue weighted by atomic mass is 35.5. The normalized spacial score (nSPS) is 21.4. The predicted octanol–water partition coefficient (Wildman–Crippen LogP) is 1.59. The summed E-state index contributed by atoms with van der Waals surface area (Å²) in [7, 11) is -3.77. The molecule has 0 saturated carbocycles. The van der Waals surface area contributed by atoms with Crippen molar-refractivity contribution in [2.24, 2.45) is 5.73 Å². The van der Waals surface area contributed by atoms with Gasteiger partial charge in [-0.25, -0.2) is 12.8 Å². The van der Waals surface area contributed by atoms with Gasteiger partial charge in [0.05, 0.1) is 5.02 Å². The Balaban J connectivity index is 2.45. The molecule has 7 heteroatoms. The molecule has 1 heterocycles. The quantitative estimate of drug-likeness (QED) is 0.920. The van der Waals surface area contributed by atoms with Crippen molar-refractivity contribution in [2.45, 2.75) is 23.8 Å². The van der Waals surface area contributed by atoms with Crippen LogP contribution in [-0.2, 0) is 10.0 Å². The molecule has 1 saturated heterocycles. The lowest BCUT2D eigenvalue weighted by molar-refractivity contribution is 0.393. The minimum atomic E-state index is -3.77. The number of benzene rings is 1. The van der Waals surface area contributed by atoms with E-state index in [1.165, 1.54) is 10.4 Å². The third-order valence-corrected chi connectivity index (χ3v) is 5.51. The highest BCUT2D eigenvalue weighted by molar-refractivity contribution is 7.89. The van der Waals surface area contributed by atoms with Crippen LogP contribution in [0.25, 0.3) is 0 Å². The summed E-state index contributed by atoms with van der Waals surface area (Å²) in [5, 5.41) is 0.0269. The topological polar surface area (TPSA) is 63.4 Å². The molecule has 1 aliphatic rings. The number of rotatable bonds is 3. The molecule has 1 fully saturated rings. The van der Waals surface area contributed by atoms with Crippen LogP contribution in [0.15, 0.2) is 23.1 Å². The number of nitrogens with zero attached hydrogens (tertiary/aromatic N) is 1. The molecule has 0 radical (unpaired) electrons. The zero-order valence-corrected chi connectivity index (χ0v) is 11.2. The van der Waals surface area contributed by atoms with Crippen molar-refractivity contribution in [1.29, 1.82) is 0 Å². The molecule has 1 unspecified atom stereocenters. The maximum absolute atomic E-state index is 13.2. The second-order valence-electron chi connectivity index (χ2n) is 4.22. The lowest BCUT2D eigenvalue weighted by Crippen LogP contribution is -2.39. The van der Waals surface area contributed by atoms with E-state index in [0.29, 0.717) is 6.54 Å². The molecule has 0 amide bonds. The summed E-state index contributed by atoms with van der Waals surface area (Å²) in [6, 6.07) is 3.10. The maximum Gasteiger partial charge on any atom is 0.244 e. The SMILES string of the molecule is NCC1CCCN1S(=O)(=O)c1cc(F)ccc1Cl. The number of hydrogen-bond donors (Lipinski definition) is 1. The number of hydrogen-bond acceptors (Lipinski definition) is 3. The third kappa shape index (κ3) is 2.38. The van der Waals surface area contributed by atoms with Gasteiger partial charge in [-0.05, 0) is 31.0 Å². The van der Waals surface area contributed by atoms with Gasteiger partial charge in [-0.1, -0.05) is 11.6 Å². The van der Waals surface area contributed by atoms with Crippen LogP contribution in [0.1, 0.15) is 12.8 Å². The Bertz CT molecular complexity index is 550. The summed E-state index contributed by atoms with van der Waals surface area (Å²) in [4.78, 5) is -0.190. The molecule has 100 valence electrons.